The first-order valence-corrected chi connectivity index (χ1v) is 8.55. The summed E-state index contributed by atoms with van der Waals surface area (Å²) in [6.45, 7) is 1.89. The van der Waals surface area contributed by atoms with Crippen molar-refractivity contribution in [2.75, 3.05) is 0 Å². The van der Waals surface area contributed by atoms with Gasteiger partial charge in [0.15, 0.2) is 0 Å². The number of hydrogen-bond donors (Lipinski definition) is 3. The summed E-state index contributed by atoms with van der Waals surface area (Å²) in [5, 5.41) is 24.3. The van der Waals surface area contributed by atoms with Crippen LogP contribution in [0.1, 0.15) is 65.0 Å². The number of nitrogens with zero attached hydrogens (tertiary/aromatic N) is 3. The lowest BCUT2D eigenvalue weighted by atomic mass is 9.75. The van der Waals surface area contributed by atoms with Crippen molar-refractivity contribution in [3.8, 4) is 0 Å². The molecule has 2 aliphatic rings. The van der Waals surface area contributed by atoms with Crippen molar-refractivity contribution in [2.24, 2.45) is 13.0 Å². The second kappa shape index (κ2) is 5.73. The molecule has 0 radical (unpaired) electrons. The van der Waals surface area contributed by atoms with E-state index < -0.39 is 0 Å². The van der Waals surface area contributed by atoms with E-state index in [2.05, 4.69) is 20.6 Å². The van der Waals surface area contributed by atoms with Gasteiger partial charge in [0.2, 0.25) is 0 Å². The first kappa shape index (κ1) is 15.4. The van der Waals surface area contributed by atoms with Gasteiger partial charge in [0.05, 0.1) is 29.6 Å². The van der Waals surface area contributed by atoms with Crippen molar-refractivity contribution in [3.63, 3.8) is 0 Å². The molecule has 7 nitrogen and oxygen atoms in total. The lowest BCUT2D eigenvalue weighted by Gasteiger charge is -2.37. The highest BCUT2D eigenvalue weighted by Crippen LogP contribution is 2.42. The Morgan fingerprint density at radius 1 is 1.46 bits per heavy atom. The van der Waals surface area contributed by atoms with Gasteiger partial charge in [-0.1, -0.05) is 0 Å². The summed E-state index contributed by atoms with van der Waals surface area (Å²) < 4.78 is 1.74. The van der Waals surface area contributed by atoms with Gasteiger partial charge in [-0.3, -0.25) is 14.6 Å². The van der Waals surface area contributed by atoms with E-state index in [4.69, 9.17) is 0 Å². The molecular formula is C17H23N5O2. The van der Waals surface area contributed by atoms with Gasteiger partial charge in [0, 0.05) is 30.4 Å². The second-order valence-corrected chi connectivity index (χ2v) is 7.17. The summed E-state index contributed by atoms with van der Waals surface area (Å²) in [5.41, 5.74) is 3.37. The molecule has 128 valence electrons. The van der Waals surface area contributed by atoms with Gasteiger partial charge in [-0.2, -0.15) is 10.2 Å². The van der Waals surface area contributed by atoms with Gasteiger partial charge in [-0.25, -0.2) is 0 Å². The Balaban J connectivity index is 1.58. The Morgan fingerprint density at radius 3 is 2.79 bits per heavy atom. The molecule has 2 aromatic rings. The van der Waals surface area contributed by atoms with Crippen LogP contribution in [-0.4, -0.2) is 37.1 Å². The SMILES string of the molecule is Cc1[nH]nc(C2CC2)c1C(=O)N[C@@H](c1cnn(C)c1)C1CC(O)C1. The number of amides is 1. The predicted octanol–water partition coefficient (Wildman–Crippen LogP) is 1.57. The van der Waals surface area contributed by atoms with Crippen molar-refractivity contribution in [2.45, 2.75) is 50.7 Å². The van der Waals surface area contributed by atoms with E-state index in [1.54, 1.807) is 10.9 Å². The number of aliphatic hydroxyl groups is 1. The minimum absolute atomic E-state index is 0.0848. The molecule has 2 fully saturated rings. The monoisotopic (exact) mass is 329 g/mol. The molecule has 2 aliphatic carbocycles. The molecule has 1 atom stereocenters. The van der Waals surface area contributed by atoms with E-state index in [0.717, 1.165) is 29.8 Å². The number of aryl methyl sites for hydroxylation is 2. The van der Waals surface area contributed by atoms with E-state index in [9.17, 15) is 9.90 Å². The molecule has 1 amide bonds. The van der Waals surface area contributed by atoms with Crippen molar-refractivity contribution in [3.05, 3.63) is 34.9 Å². The van der Waals surface area contributed by atoms with Crippen LogP contribution in [0.3, 0.4) is 0 Å². The summed E-state index contributed by atoms with van der Waals surface area (Å²) in [6, 6.07) is -0.129. The van der Waals surface area contributed by atoms with Crippen LogP contribution in [0.4, 0.5) is 0 Å². The van der Waals surface area contributed by atoms with Crippen molar-refractivity contribution >= 4 is 5.91 Å². The van der Waals surface area contributed by atoms with Crippen LogP contribution in [0.5, 0.6) is 0 Å². The number of nitrogens with one attached hydrogen (secondary N) is 2. The summed E-state index contributed by atoms with van der Waals surface area (Å²) in [4.78, 5) is 12.9. The van der Waals surface area contributed by atoms with Crippen LogP contribution in [0.25, 0.3) is 0 Å². The molecule has 0 unspecified atom stereocenters. The van der Waals surface area contributed by atoms with E-state index in [1.807, 2.05) is 20.2 Å². The lowest BCUT2D eigenvalue weighted by molar-refractivity contribution is 0.0235. The summed E-state index contributed by atoms with van der Waals surface area (Å²) >= 11 is 0. The van der Waals surface area contributed by atoms with Gasteiger partial charge in [-0.05, 0) is 38.5 Å². The Labute approximate surface area is 140 Å². The third-order valence-electron chi connectivity index (χ3n) is 5.16. The Kier molecular flexibility index (Phi) is 3.68. The molecule has 0 saturated heterocycles. The van der Waals surface area contributed by atoms with Crippen LogP contribution in [-0.2, 0) is 7.05 Å². The Morgan fingerprint density at radius 2 is 2.21 bits per heavy atom. The molecule has 0 aromatic carbocycles. The summed E-state index contributed by atoms with van der Waals surface area (Å²) in [7, 11) is 1.86. The van der Waals surface area contributed by atoms with Gasteiger partial charge in [0.1, 0.15) is 0 Å². The largest absolute Gasteiger partial charge is 0.393 e. The fraction of sp³-hybridized carbons (Fsp3) is 0.588. The van der Waals surface area contributed by atoms with E-state index in [-0.39, 0.29) is 24.0 Å². The summed E-state index contributed by atoms with van der Waals surface area (Å²) in [6.07, 6.45) is 7.08. The van der Waals surface area contributed by atoms with E-state index in [1.165, 1.54) is 0 Å². The maximum absolute atomic E-state index is 12.9. The number of carbonyl (C=O) groups is 1. The second-order valence-electron chi connectivity index (χ2n) is 7.17. The minimum atomic E-state index is -0.260. The van der Waals surface area contributed by atoms with Crippen LogP contribution in [0, 0.1) is 12.8 Å². The normalized spacial score (nSPS) is 24.5. The van der Waals surface area contributed by atoms with Crippen molar-refractivity contribution in [1.82, 2.24) is 25.3 Å². The Bertz CT molecular complexity index is 755. The molecule has 2 aromatic heterocycles. The third-order valence-corrected chi connectivity index (χ3v) is 5.16. The fourth-order valence-electron chi connectivity index (χ4n) is 3.58. The van der Waals surface area contributed by atoms with Crippen LogP contribution >= 0.6 is 0 Å². The zero-order valence-corrected chi connectivity index (χ0v) is 14.0. The van der Waals surface area contributed by atoms with Crippen molar-refractivity contribution < 1.29 is 9.90 Å². The van der Waals surface area contributed by atoms with Gasteiger partial charge in [-0.15, -0.1) is 0 Å². The first-order valence-electron chi connectivity index (χ1n) is 8.55. The summed E-state index contributed by atoms with van der Waals surface area (Å²) in [5.74, 6) is 0.571. The average Bonchev–Trinajstić information content (AvgIpc) is 3.16. The van der Waals surface area contributed by atoms with Gasteiger partial charge < -0.3 is 10.4 Å². The van der Waals surface area contributed by atoms with Gasteiger partial charge in [0.25, 0.3) is 5.91 Å². The number of H-pyrrole nitrogens is 1. The molecular weight excluding hydrogens is 306 g/mol. The number of carbonyl (C=O) groups excluding carboxylic acids is 1. The molecule has 4 rings (SSSR count). The number of hydrogen-bond acceptors (Lipinski definition) is 4. The zero-order chi connectivity index (χ0) is 16.8. The number of aromatic amines is 1. The molecule has 2 saturated carbocycles. The van der Waals surface area contributed by atoms with Crippen molar-refractivity contribution in [1.29, 1.82) is 0 Å². The van der Waals surface area contributed by atoms with E-state index in [0.29, 0.717) is 24.3 Å². The highest BCUT2D eigenvalue weighted by molar-refractivity contribution is 5.97. The van der Waals surface area contributed by atoms with E-state index >= 15 is 0 Å². The smallest absolute Gasteiger partial charge is 0.255 e. The number of aliphatic hydroxyl groups excluding tert-OH is 1. The molecule has 2 heterocycles. The van der Waals surface area contributed by atoms with Crippen LogP contribution in [0.15, 0.2) is 12.4 Å². The van der Waals surface area contributed by atoms with Gasteiger partial charge >= 0.3 is 0 Å². The predicted molar refractivity (Wildman–Crippen MR) is 87.4 cm³/mol. The lowest BCUT2D eigenvalue weighted by Crippen LogP contribution is -2.41. The fourth-order valence-corrected chi connectivity index (χ4v) is 3.58. The molecule has 3 N–H and O–H groups in total. The Hall–Kier alpha value is -2.15. The topological polar surface area (TPSA) is 95.8 Å². The quantitative estimate of drug-likeness (QED) is 0.776. The number of aromatic nitrogens is 4. The third kappa shape index (κ3) is 2.73. The molecule has 0 aliphatic heterocycles. The zero-order valence-electron chi connectivity index (χ0n) is 14.0. The standard InChI is InChI=1S/C17H23N5O2/c1-9-14(16(21-20-9)10-3-4-10)17(24)19-15(11-5-13(23)6-11)12-7-18-22(2)8-12/h7-8,10-11,13,15,23H,3-6H2,1-2H3,(H,19,24)(H,20,21)/t11?,13?,15-/m1/s1. The molecule has 24 heavy (non-hydrogen) atoms. The highest BCUT2D eigenvalue weighted by atomic mass is 16.3. The highest BCUT2D eigenvalue weighted by Gasteiger charge is 2.38. The molecule has 0 bridgehead atoms. The first-order chi connectivity index (χ1) is 11.5. The maximum Gasteiger partial charge on any atom is 0.255 e. The molecule has 0 spiro atoms. The van der Waals surface area contributed by atoms with Crippen LogP contribution in [0.2, 0.25) is 0 Å². The minimum Gasteiger partial charge on any atom is -0.393 e. The average molecular weight is 329 g/mol. The molecule has 7 heteroatoms. The maximum atomic E-state index is 12.9. The van der Waals surface area contributed by atoms with Crippen LogP contribution < -0.4 is 5.32 Å². The number of rotatable bonds is 5.